The molecular formula is C23H30N2O8. The number of benzene rings is 2. The third kappa shape index (κ3) is 7.85. The molecule has 0 aromatic heterocycles. The smallest absolute Gasteiger partial charge is 0.414 e. The first kappa shape index (κ1) is 25.8. The normalized spacial score (nSPS) is 14.0. The van der Waals surface area contributed by atoms with Crippen molar-refractivity contribution in [1.29, 1.82) is 0 Å². The molecule has 1 aliphatic rings. The Morgan fingerprint density at radius 3 is 1.55 bits per heavy atom. The predicted octanol–water partition coefficient (Wildman–Crippen LogP) is 1.89. The van der Waals surface area contributed by atoms with Gasteiger partial charge in [-0.3, -0.25) is 9.80 Å². The number of carboxylic acid groups (broad SMARTS) is 2. The molecule has 1 saturated heterocycles. The molecule has 0 amide bonds. The fourth-order valence-corrected chi connectivity index (χ4v) is 3.39. The number of piperazine rings is 1. The fourth-order valence-electron chi connectivity index (χ4n) is 3.39. The van der Waals surface area contributed by atoms with Gasteiger partial charge in [0.1, 0.15) is 5.75 Å². The standard InChI is InChI=1S/C21H28N2O4.C2H2O4/c1-25-18-6-4-16(5-7-18)14-22-8-10-23(11-9-22)15-17-12-19(26-2)21(24)20(13-17)27-3;3-1(4)2(5)6/h4-7,12-13,24H,8-11,14-15H2,1-3H3;(H,3,4)(H,5,6). The Bertz CT molecular complexity index is 888. The summed E-state index contributed by atoms with van der Waals surface area (Å²) in [5.41, 5.74) is 2.38. The van der Waals surface area contributed by atoms with Crippen molar-refractivity contribution >= 4 is 11.9 Å². The van der Waals surface area contributed by atoms with E-state index in [1.54, 1.807) is 21.3 Å². The first-order valence-electron chi connectivity index (χ1n) is 10.2. The molecule has 10 heteroatoms. The molecule has 180 valence electrons. The average molecular weight is 462 g/mol. The lowest BCUT2D eigenvalue weighted by Crippen LogP contribution is -2.45. The summed E-state index contributed by atoms with van der Waals surface area (Å²) >= 11 is 0. The van der Waals surface area contributed by atoms with Crippen LogP contribution >= 0.6 is 0 Å². The number of carboxylic acids is 2. The van der Waals surface area contributed by atoms with Gasteiger partial charge in [-0.25, -0.2) is 9.59 Å². The summed E-state index contributed by atoms with van der Waals surface area (Å²) in [4.78, 5) is 23.1. The number of methoxy groups -OCH3 is 3. The van der Waals surface area contributed by atoms with E-state index in [-0.39, 0.29) is 5.75 Å². The van der Waals surface area contributed by atoms with Crippen LogP contribution in [0.25, 0.3) is 0 Å². The molecule has 0 unspecified atom stereocenters. The lowest BCUT2D eigenvalue weighted by molar-refractivity contribution is -0.159. The quantitative estimate of drug-likeness (QED) is 0.525. The number of rotatable bonds is 7. The van der Waals surface area contributed by atoms with E-state index in [0.717, 1.165) is 50.6 Å². The highest BCUT2D eigenvalue weighted by Crippen LogP contribution is 2.37. The molecule has 1 fully saturated rings. The van der Waals surface area contributed by atoms with Crippen LogP contribution in [-0.4, -0.2) is 84.6 Å². The van der Waals surface area contributed by atoms with Crippen molar-refractivity contribution in [2.24, 2.45) is 0 Å². The van der Waals surface area contributed by atoms with Crippen LogP contribution in [0.4, 0.5) is 0 Å². The molecule has 0 radical (unpaired) electrons. The summed E-state index contributed by atoms with van der Waals surface area (Å²) in [6.07, 6.45) is 0. The Labute approximate surface area is 192 Å². The van der Waals surface area contributed by atoms with Gasteiger partial charge in [-0.1, -0.05) is 12.1 Å². The van der Waals surface area contributed by atoms with Gasteiger partial charge in [0.15, 0.2) is 11.5 Å². The highest BCUT2D eigenvalue weighted by molar-refractivity contribution is 6.27. The molecule has 2 aromatic rings. The first-order valence-corrected chi connectivity index (χ1v) is 10.2. The highest BCUT2D eigenvalue weighted by atomic mass is 16.5. The molecule has 2 aromatic carbocycles. The van der Waals surface area contributed by atoms with Crippen molar-refractivity contribution in [2.45, 2.75) is 13.1 Å². The van der Waals surface area contributed by atoms with E-state index >= 15 is 0 Å². The fraction of sp³-hybridized carbons (Fsp3) is 0.391. The zero-order chi connectivity index (χ0) is 24.4. The minimum atomic E-state index is -1.82. The Morgan fingerprint density at radius 2 is 1.18 bits per heavy atom. The van der Waals surface area contributed by atoms with E-state index in [0.29, 0.717) is 11.5 Å². The first-order chi connectivity index (χ1) is 15.8. The second kappa shape index (κ2) is 12.5. The maximum atomic E-state index is 10.0. The molecule has 0 saturated carbocycles. The van der Waals surface area contributed by atoms with Gasteiger partial charge in [0.25, 0.3) is 0 Å². The predicted molar refractivity (Wildman–Crippen MR) is 120 cm³/mol. The summed E-state index contributed by atoms with van der Waals surface area (Å²) in [7, 11) is 4.79. The summed E-state index contributed by atoms with van der Waals surface area (Å²) < 4.78 is 15.7. The molecule has 3 rings (SSSR count). The van der Waals surface area contributed by atoms with Crippen LogP contribution in [0.15, 0.2) is 36.4 Å². The molecule has 1 aliphatic heterocycles. The second-order valence-electron chi connectivity index (χ2n) is 7.36. The van der Waals surface area contributed by atoms with Gasteiger partial charge in [0.2, 0.25) is 5.75 Å². The molecule has 33 heavy (non-hydrogen) atoms. The number of ether oxygens (including phenoxy) is 3. The van der Waals surface area contributed by atoms with Gasteiger partial charge in [0.05, 0.1) is 21.3 Å². The number of nitrogens with zero attached hydrogens (tertiary/aromatic N) is 2. The minimum Gasteiger partial charge on any atom is -0.502 e. The van der Waals surface area contributed by atoms with Gasteiger partial charge in [0, 0.05) is 39.3 Å². The summed E-state index contributed by atoms with van der Waals surface area (Å²) in [5, 5.41) is 24.8. The van der Waals surface area contributed by atoms with E-state index < -0.39 is 11.9 Å². The molecule has 0 bridgehead atoms. The molecular weight excluding hydrogens is 432 g/mol. The van der Waals surface area contributed by atoms with Crippen LogP contribution in [0.2, 0.25) is 0 Å². The molecule has 10 nitrogen and oxygen atoms in total. The topological polar surface area (TPSA) is 129 Å². The van der Waals surface area contributed by atoms with Crippen molar-refractivity contribution < 1.29 is 39.1 Å². The van der Waals surface area contributed by atoms with Crippen LogP contribution in [0.1, 0.15) is 11.1 Å². The number of phenols is 1. The van der Waals surface area contributed by atoms with Crippen molar-refractivity contribution in [2.75, 3.05) is 47.5 Å². The summed E-state index contributed by atoms with van der Waals surface area (Å²) in [6.45, 7) is 5.82. The summed E-state index contributed by atoms with van der Waals surface area (Å²) in [5.74, 6) is -1.81. The molecule has 0 spiro atoms. The van der Waals surface area contributed by atoms with E-state index in [2.05, 4.69) is 21.9 Å². The molecule has 0 atom stereocenters. The lowest BCUT2D eigenvalue weighted by Gasteiger charge is -2.34. The highest BCUT2D eigenvalue weighted by Gasteiger charge is 2.19. The molecule has 1 heterocycles. The maximum Gasteiger partial charge on any atom is 0.414 e. The lowest BCUT2D eigenvalue weighted by atomic mass is 10.1. The zero-order valence-electron chi connectivity index (χ0n) is 19.0. The largest absolute Gasteiger partial charge is 0.502 e. The van der Waals surface area contributed by atoms with E-state index in [9.17, 15) is 5.11 Å². The van der Waals surface area contributed by atoms with Gasteiger partial charge >= 0.3 is 11.9 Å². The molecule has 3 N–H and O–H groups in total. The van der Waals surface area contributed by atoms with Gasteiger partial charge < -0.3 is 29.5 Å². The maximum absolute atomic E-state index is 10.0. The number of aliphatic carboxylic acids is 2. The number of carbonyl (C=O) groups is 2. The minimum absolute atomic E-state index is 0.0491. The Hall–Kier alpha value is -3.50. The van der Waals surface area contributed by atoms with Crippen LogP contribution < -0.4 is 14.2 Å². The van der Waals surface area contributed by atoms with Crippen LogP contribution in [0, 0.1) is 0 Å². The average Bonchev–Trinajstić information content (AvgIpc) is 2.82. The van der Waals surface area contributed by atoms with Crippen LogP contribution in [0.5, 0.6) is 23.0 Å². The van der Waals surface area contributed by atoms with Gasteiger partial charge in [-0.15, -0.1) is 0 Å². The van der Waals surface area contributed by atoms with E-state index in [4.69, 9.17) is 34.0 Å². The number of aromatic hydroxyl groups is 1. The van der Waals surface area contributed by atoms with E-state index in [1.165, 1.54) is 5.56 Å². The Kier molecular flexibility index (Phi) is 9.77. The third-order valence-corrected chi connectivity index (χ3v) is 5.16. The van der Waals surface area contributed by atoms with Gasteiger partial charge in [-0.05, 0) is 35.4 Å². The van der Waals surface area contributed by atoms with Crippen molar-refractivity contribution in [3.63, 3.8) is 0 Å². The van der Waals surface area contributed by atoms with Crippen LogP contribution in [-0.2, 0) is 22.7 Å². The summed E-state index contributed by atoms with van der Waals surface area (Å²) in [6, 6.07) is 12.0. The number of hydrogen-bond donors (Lipinski definition) is 3. The Balaban J connectivity index is 0.000000569. The molecule has 0 aliphatic carbocycles. The number of hydrogen-bond acceptors (Lipinski definition) is 8. The van der Waals surface area contributed by atoms with Crippen molar-refractivity contribution in [1.82, 2.24) is 9.80 Å². The van der Waals surface area contributed by atoms with Crippen molar-refractivity contribution in [3.05, 3.63) is 47.5 Å². The van der Waals surface area contributed by atoms with Gasteiger partial charge in [-0.2, -0.15) is 0 Å². The monoisotopic (exact) mass is 462 g/mol. The number of phenolic OH excluding ortho intramolecular Hbond substituents is 1. The van der Waals surface area contributed by atoms with Crippen LogP contribution in [0.3, 0.4) is 0 Å². The third-order valence-electron chi connectivity index (χ3n) is 5.16. The second-order valence-corrected chi connectivity index (χ2v) is 7.36. The van der Waals surface area contributed by atoms with Crippen molar-refractivity contribution in [3.8, 4) is 23.0 Å². The zero-order valence-corrected chi connectivity index (χ0v) is 19.0. The SMILES string of the molecule is COc1ccc(CN2CCN(Cc3cc(OC)c(O)c(OC)c3)CC2)cc1.O=C(O)C(=O)O. The Morgan fingerprint density at radius 1 is 0.758 bits per heavy atom. The van der Waals surface area contributed by atoms with E-state index in [1.807, 2.05) is 24.3 Å².